The van der Waals surface area contributed by atoms with Crippen molar-refractivity contribution in [1.29, 1.82) is 0 Å². The van der Waals surface area contributed by atoms with E-state index >= 15 is 0 Å². The van der Waals surface area contributed by atoms with Crippen LogP contribution in [0.1, 0.15) is 24.0 Å². The molecule has 1 N–H and O–H groups in total. The van der Waals surface area contributed by atoms with Crippen LogP contribution >= 0.6 is 27.7 Å². The zero-order valence-corrected chi connectivity index (χ0v) is 13.9. The number of rotatable bonds is 5. The van der Waals surface area contributed by atoms with Crippen molar-refractivity contribution in [2.75, 3.05) is 0 Å². The van der Waals surface area contributed by atoms with Crippen LogP contribution in [0.25, 0.3) is 0 Å². The van der Waals surface area contributed by atoms with Gasteiger partial charge >= 0.3 is 0 Å². The van der Waals surface area contributed by atoms with E-state index in [4.69, 9.17) is 0 Å². The minimum Gasteiger partial charge on any atom is -0.310 e. The topological polar surface area (TPSA) is 12.0 Å². The van der Waals surface area contributed by atoms with E-state index in [0.29, 0.717) is 0 Å². The first kappa shape index (κ1) is 14.2. The number of halogens is 1. The van der Waals surface area contributed by atoms with E-state index in [-0.39, 0.29) is 0 Å². The molecular formula is C17H18BrNS. The van der Waals surface area contributed by atoms with Gasteiger partial charge in [-0.3, -0.25) is 0 Å². The fraction of sp³-hybridized carbons (Fsp3) is 0.294. The van der Waals surface area contributed by atoms with Crippen molar-refractivity contribution in [2.45, 2.75) is 42.1 Å². The van der Waals surface area contributed by atoms with Crippen LogP contribution in [0.4, 0.5) is 0 Å². The summed E-state index contributed by atoms with van der Waals surface area (Å²) in [7, 11) is 0. The predicted molar refractivity (Wildman–Crippen MR) is 89.3 cm³/mol. The molecule has 0 radical (unpaired) electrons. The number of aryl methyl sites for hydroxylation is 1. The third-order valence-electron chi connectivity index (χ3n) is 3.44. The van der Waals surface area contributed by atoms with Gasteiger partial charge in [0, 0.05) is 26.9 Å². The predicted octanol–water partition coefficient (Wildman–Crippen LogP) is 5.16. The molecule has 0 amide bonds. The molecule has 3 rings (SSSR count). The van der Waals surface area contributed by atoms with Gasteiger partial charge in [0.05, 0.1) is 0 Å². The molecule has 0 heterocycles. The molecular weight excluding hydrogens is 330 g/mol. The summed E-state index contributed by atoms with van der Waals surface area (Å²) in [6.07, 6.45) is 2.66. The highest BCUT2D eigenvalue weighted by Gasteiger charge is 2.20. The normalized spacial score (nSPS) is 14.5. The summed E-state index contributed by atoms with van der Waals surface area (Å²) in [4.78, 5) is 2.62. The highest BCUT2D eigenvalue weighted by atomic mass is 79.9. The maximum Gasteiger partial charge on any atom is 0.0219 e. The van der Waals surface area contributed by atoms with Crippen LogP contribution in [0.15, 0.2) is 56.7 Å². The Morgan fingerprint density at radius 2 is 1.90 bits per heavy atom. The number of nitrogens with one attached hydrogen (secondary N) is 1. The molecule has 20 heavy (non-hydrogen) atoms. The molecule has 1 saturated carbocycles. The second-order valence-corrected chi connectivity index (χ2v) is 7.35. The van der Waals surface area contributed by atoms with Gasteiger partial charge in [0.2, 0.25) is 0 Å². The van der Waals surface area contributed by atoms with Gasteiger partial charge in [-0.05, 0) is 49.6 Å². The zero-order chi connectivity index (χ0) is 13.9. The Balaban J connectivity index is 1.78. The van der Waals surface area contributed by atoms with Crippen molar-refractivity contribution in [3.8, 4) is 0 Å². The van der Waals surface area contributed by atoms with Crippen molar-refractivity contribution < 1.29 is 0 Å². The standard InChI is InChI=1S/C17H18BrNS/c1-12-2-8-16(9-3-12)20-17-10-14(18)5-4-13(17)11-19-15-6-7-15/h2-5,8-10,15,19H,6-7,11H2,1H3. The molecule has 1 aliphatic rings. The molecule has 1 nitrogen and oxygen atoms in total. The summed E-state index contributed by atoms with van der Waals surface area (Å²) in [5.74, 6) is 0. The lowest BCUT2D eigenvalue weighted by Gasteiger charge is -2.11. The second kappa shape index (κ2) is 6.33. The summed E-state index contributed by atoms with van der Waals surface area (Å²) < 4.78 is 1.14. The monoisotopic (exact) mass is 347 g/mol. The van der Waals surface area contributed by atoms with Crippen LogP contribution in [0.5, 0.6) is 0 Å². The summed E-state index contributed by atoms with van der Waals surface area (Å²) >= 11 is 5.42. The Kier molecular flexibility index (Phi) is 4.49. The van der Waals surface area contributed by atoms with Crippen LogP contribution in [-0.4, -0.2) is 6.04 Å². The minimum absolute atomic E-state index is 0.746. The van der Waals surface area contributed by atoms with Crippen molar-refractivity contribution in [1.82, 2.24) is 5.32 Å². The number of hydrogen-bond donors (Lipinski definition) is 1. The van der Waals surface area contributed by atoms with E-state index in [0.717, 1.165) is 17.1 Å². The molecule has 0 bridgehead atoms. The van der Waals surface area contributed by atoms with Crippen molar-refractivity contribution in [2.24, 2.45) is 0 Å². The van der Waals surface area contributed by atoms with Gasteiger partial charge in [-0.2, -0.15) is 0 Å². The fourth-order valence-electron chi connectivity index (χ4n) is 2.04. The summed E-state index contributed by atoms with van der Waals surface area (Å²) in [6, 6.07) is 16.0. The van der Waals surface area contributed by atoms with Crippen molar-refractivity contribution in [3.05, 3.63) is 58.1 Å². The van der Waals surface area contributed by atoms with E-state index < -0.39 is 0 Å². The van der Waals surface area contributed by atoms with Gasteiger partial charge in [-0.25, -0.2) is 0 Å². The Morgan fingerprint density at radius 1 is 1.15 bits per heavy atom. The van der Waals surface area contributed by atoms with Gasteiger partial charge in [0.1, 0.15) is 0 Å². The largest absolute Gasteiger partial charge is 0.310 e. The lowest BCUT2D eigenvalue weighted by Crippen LogP contribution is -2.15. The maximum atomic E-state index is 3.60. The first-order valence-electron chi connectivity index (χ1n) is 6.97. The Labute approximate surface area is 133 Å². The van der Waals surface area contributed by atoms with Gasteiger partial charge in [0.15, 0.2) is 0 Å². The molecule has 0 saturated heterocycles. The average molecular weight is 348 g/mol. The third kappa shape index (κ3) is 3.87. The molecule has 1 aliphatic carbocycles. The summed E-state index contributed by atoms with van der Waals surface area (Å²) in [5, 5.41) is 3.60. The molecule has 0 aliphatic heterocycles. The molecule has 0 spiro atoms. The Morgan fingerprint density at radius 3 is 2.60 bits per heavy atom. The highest BCUT2D eigenvalue weighted by molar-refractivity contribution is 9.10. The zero-order valence-electron chi connectivity index (χ0n) is 11.5. The molecule has 0 unspecified atom stereocenters. The molecule has 2 aromatic rings. The van der Waals surface area contributed by atoms with Crippen molar-refractivity contribution in [3.63, 3.8) is 0 Å². The quantitative estimate of drug-likeness (QED) is 0.801. The molecule has 1 fully saturated rings. The Hall–Kier alpha value is -0.770. The number of benzene rings is 2. The van der Waals surface area contributed by atoms with Gasteiger partial charge in [-0.15, -0.1) is 0 Å². The SMILES string of the molecule is Cc1ccc(Sc2cc(Br)ccc2CNC2CC2)cc1. The Bertz CT molecular complexity index is 590. The highest BCUT2D eigenvalue weighted by Crippen LogP contribution is 2.33. The fourth-order valence-corrected chi connectivity index (χ4v) is 3.54. The smallest absolute Gasteiger partial charge is 0.0219 e. The van der Waals surface area contributed by atoms with Crippen LogP contribution in [0.3, 0.4) is 0 Å². The second-order valence-electron chi connectivity index (χ2n) is 5.32. The van der Waals surface area contributed by atoms with E-state index in [1.54, 1.807) is 0 Å². The van der Waals surface area contributed by atoms with E-state index in [9.17, 15) is 0 Å². The third-order valence-corrected chi connectivity index (χ3v) is 5.04. The van der Waals surface area contributed by atoms with Crippen molar-refractivity contribution >= 4 is 27.7 Å². The van der Waals surface area contributed by atoms with E-state index in [1.807, 2.05) is 11.8 Å². The minimum atomic E-state index is 0.746. The van der Waals surface area contributed by atoms with Crippen LogP contribution < -0.4 is 5.32 Å². The summed E-state index contributed by atoms with van der Waals surface area (Å²) in [5.41, 5.74) is 2.69. The van der Waals surface area contributed by atoms with Gasteiger partial charge < -0.3 is 5.32 Å². The molecule has 0 atom stereocenters. The molecule has 3 heteroatoms. The lowest BCUT2D eigenvalue weighted by molar-refractivity contribution is 0.680. The maximum absolute atomic E-state index is 3.60. The molecule has 2 aromatic carbocycles. The van der Waals surface area contributed by atoms with E-state index in [1.165, 1.54) is 33.8 Å². The molecule has 104 valence electrons. The van der Waals surface area contributed by atoms with Crippen LogP contribution in [0, 0.1) is 6.92 Å². The van der Waals surface area contributed by atoms with Crippen LogP contribution in [-0.2, 0) is 6.54 Å². The van der Waals surface area contributed by atoms with E-state index in [2.05, 4.69) is 70.6 Å². The first-order chi connectivity index (χ1) is 9.70. The van der Waals surface area contributed by atoms with Gasteiger partial charge in [-0.1, -0.05) is 51.5 Å². The lowest BCUT2D eigenvalue weighted by atomic mass is 10.2. The van der Waals surface area contributed by atoms with Gasteiger partial charge in [0.25, 0.3) is 0 Å². The number of hydrogen-bond acceptors (Lipinski definition) is 2. The molecule has 0 aromatic heterocycles. The summed E-state index contributed by atoms with van der Waals surface area (Å²) in [6.45, 7) is 3.09. The first-order valence-corrected chi connectivity index (χ1v) is 8.58. The average Bonchev–Trinajstić information content (AvgIpc) is 3.25. The van der Waals surface area contributed by atoms with Crippen LogP contribution in [0.2, 0.25) is 0 Å².